The van der Waals surface area contributed by atoms with E-state index in [1.165, 1.54) is 19.2 Å². The van der Waals surface area contributed by atoms with Gasteiger partial charge >= 0.3 is 11.9 Å². The fourth-order valence-corrected chi connectivity index (χ4v) is 1.06. The Morgan fingerprint density at radius 3 is 2.29 bits per heavy atom. The second kappa shape index (κ2) is 5.06. The molecule has 0 aromatic heterocycles. The van der Waals surface area contributed by atoms with Gasteiger partial charge in [-0.15, -0.1) is 0 Å². The molecule has 0 aliphatic carbocycles. The summed E-state index contributed by atoms with van der Waals surface area (Å²) in [4.78, 5) is 22.2. The first kappa shape index (κ1) is 12.6. The van der Waals surface area contributed by atoms with Crippen LogP contribution in [0.25, 0.3) is 0 Å². The van der Waals surface area contributed by atoms with Gasteiger partial charge in [0.1, 0.15) is 0 Å². The first-order valence-electron chi connectivity index (χ1n) is 4.57. The van der Waals surface area contributed by atoms with Crippen LogP contribution < -0.4 is 11.5 Å². The van der Waals surface area contributed by atoms with Crippen LogP contribution >= 0.6 is 0 Å². The van der Waals surface area contributed by atoms with Crippen molar-refractivity contribution in [2.75, 3.05) is 25.2 Å². The van der Waals surface area contributed by atoms with Crippen molar-refractivity contribution in [2.45, 2.75) is 0 Å². The predicted molar refractivity (Wildman–Crippen MR) is 59.2 cm³/mol. The number of phenols is 1. The minimum Gasteiger partial charge on any atom is -0.504 e. The van der Waals surface area contributed by atoms with E-state index in [0.29, 0.717) is 0 Å². The highest BCUT2D eigenvalue weighted by Crippen LogP contribution is 2.28. The Morgan fingerprint density at radius 2 is 1.82 bits per heavy atom. The predicted octanol–water partition coefficient (Wildman–Crippen LogP) is -0.114. The van der Waals surface area contributed by atoms with Gasteiger partial charge < -0.3 is 26.0 Å². The van der Waals surface area contributed by atoms with Gasteiger partial charge in [0.25, 0.3) is 0 Å². The smallest absolute Gasteiger partial charge is 0.344 e. The molecule has 1 aromatic carbocycles. The minimum atomic E-state index is -0.784. The molecule has 0 amide bonds. The molecular formula is C10H12N2O5. The lowest BCUT2D eigenvalue weighted by Gasteiger charge is -2.07. The Bertz CT molecular complexity index is 435. The molecule has 0 saturated carbocycles. The summed E-state index contributed by atoms with van der Waals surface area (Å²) < 4.78 is 8.92. The average Bonchev–Trinajstić information content (AvgIpc) is 2.31. The van der Waals surface area contributed by atoms with Crippen LogP contribution in [0.15, 0.2) is 12.1 Å². The van der Waals surface area contributed by atoms with Crippen molar-refractivity contribution in [3.05, 3.63) is 17.7 Å². The monoisotopic (exact) mass is 240 g/mol. The van der Waals surface area contributed by atoms with Crippen molar-refractivity contribution < 1.29 is 24.2 Å². The molecule has 0 unspecified atom stereocenters. The van der Waals surface area contributed by atoms with E-state index in [2.05, 4.69) is 9.47 Å². The first-order chi connectivity index (χ1) is 7.95. The summed E-state index contributed by atoms with van der Waals surface area (Å²) >= 11 is 0. The molecule has 0 aliphatic heterocycles. The number of esters is 2. The van der Waals surface area contributed by atoms with E-state index in [1.54, 1.807) is 0 Å². The molecule has 1 aromatic rings. The topological polar surface area (TPSA) is 125 Å². The lowest BCUT2D eigenvalue weighted by molar-refractivity contribution is -0.144. The first-order valence-corrected chi connectivity index (χ1v) is 4.57. The molecule has 0 saturated heterocycles. The SMILES string of the molecule is COC(=O)COC(=O)c1cc(N)c(O)c(N)c1. The van der Waals surface area contributed by atoms with E-state index in [4.69, 9.17) is 11.5 Å². The van der Waals surface area contributed by atoms with Crippen molar-refractivity contribution >= 4 is 23.3 Å². The highest BCUT2D eigenvalue weighted by atomic mass is 16.6. The van der Waals surface area contributed by atoms with Crippen LogP contribution in [-0.4, -0.2) is 30.8 Å². The van der Waals surface area contributed by atoms with Crippen LogP contribution in [0.4, 0.5) is 11.4 Å². The van der Waals surface area contributed by atoms with Crippen LogP contribution in [0.5, 0.6) is 5.75 Å². The fourth-order valence-electron chi connectivity index (χ4n) is 1.06. The molecule has 0 fully saturated rings. The van der Waals surface area contributed by atoms with Crippen molar-refractivity contribution in [2.24, 2.45) is 0 Å². The second-order valence-electron chi connectivity index (χ2n) is 3.16. The van der Waals surface area contributed by atoms with Gasteiger partial charge in [-0.25, -0.2) is 9.59 Å². The lowest BCUT2D eigenvalue weighted by atomic mass is 10.1. The van der Waals surface area contributed by atoms with E-state index in [-0.39, 0.29) is 22.7 Å². The number of hydrogen-bond donors (Lipinski definition) is 3. The molecule has 0 radical (unpaired) electrons. The van der Waals surface area contributed by atoms with Gasteiger partial charge in [0.15, 0.2) is 12.4 Å². The van der Waals surface area contributed by atoms with Gasteiger partial charge in [-0.2, -0.15) is 0 Å². The summed E-state index contributed by atoms with van der Waals surface area (Å²) in [7, 11) is 1.17. The quantitative estimate of drug-likeness (QED) is 0.382. The van der Waals surface area contributed by atoms with Crippen LogP contribution in [0.3, 0.4) is 0 Å². The maximum Gasteiger partial charge on any atom is 0.344 e. The van der Waals surface area contributed by atoms with Crippen molar-refractivity contribution in [3.63, 3.8) is 0 Å². The minimum absolute atomic E-state index is 0.0432. The summed E-state index contributed by atoms with van der Waals surface area (Å²) in [5.74, 6) is -1.76. The molecule has 0 spiro atoms. The number of ether oxygens (including phenoxy) is 2. The van der Waals surface area contributed by atoms with Gasteiger partial charge in [0.2, 0.25) is 0 Å². The number of benzene rings is 1. The largest absolute Gasteiger partial charge is 0.504 e. The number of carbonyl (C=O) groups is 2. The van der Waals surface area contributed by atoms with Crippen molar-refractivity contribution in [1.29, 1.82) is 0 Å². The number of rotatable bonds is 3. The zero-order valence-corrected chi connectivity index (χ0v) is 9.10. The molecule has 0 heterocycles. The molecule has 1 rings (SSSR count). The fraction of sp³-hybridized carbons (Fsp3) is 0.200. The number of nitrogens with two attached hydrogens (primary N) is 2. The van der Waals surface area contributed by atoms with E-state index >= 15 is 0 Å². The molecule has 0 bridgehead atoms. The Kier molecular flexibility index (Phi) is 3.76. The number of hydrogen-bond acceptors (Lipinski definition) is 7. The number of phenolic OH excluding ortho intramolecular Hbond substituents is 1. The van der Waals surface area contributed by atoms with E-state index in [0.717, 1.165) is 0 Å². The number of anilines is 2. The zero-order chi connectivity index (χ0) is 13.0. The maximum absolute atomic E-state index is 11.5. The average molecular weight is 240 g/mol. The van der Waals surface area contributed by atoms with Gasteiger partial charge in [-0.05, 0) is 12.1 Å². The normalized spacial score (nSPS) is 9.71. The third-order valence-electron chi connectivity index (χ3n) is 1.95. The summed E-state index contributed by atoms with van der Waals surface area (Å²) in [6, 6.07) is 2.40. The standard InChI is InChI=1S/C10H12N2O5/c1-16-8(13)4-17-10(15)5-2-6(11)9(14)7(12)3-5/h2-3,14H,4,11-12H2,1H3. The number of nitrogen functional groups attached to an aromatic ring is 2. The van der Waals surface area contributed by atoms with Gasteiger partial charge in [-0.3, -0.25) is 0 Å². The molecule has 5 N–H and O–H groups in total. The third kappa shape index (κ3) is 3.00. The van der Waals surface area contributed by atoms with Gasteiger partial charge in [-0.1, -0.05) is 0 Å². The Labute approximate surface area is 96.9 Å². The second-order valence-corrected chi connectivity index (χ2v) is 3.16. The molecular weight excluding hydrogens is 228 g/mol. The summed E-state index contributed by atoms with van der Waals surface area (Å²) in [5.41, 5.74) is 10.8. The van der Waals surface area contributed by atoms with Crippen LogP contribution in [0, 0.1) is 0 Å². The highest BCUT2D eigenvalue weighted by Gasteiger charge is 2.14. The van der Waals surface area contributed by atoms with Crippen LogP contribution in [-0.2, 0) is 14.3 Å². The molecule has 0 aliphatic rings. The number of carbonyl (C=O) groups excluding carboxylic acids is 2. The van der Waals surface area contributed by atoms with Crippen molar-refractivity contribution in [3.8, 4) is 5.75 Å². The van der Waals surface area contributed by atoms with E-state index < -0.39 is 18.5 Å². The van der Waals surface area contributed by atoms with Crippen molar-refractivity contribution in [1.82, 2.24) is 0 Å². The maximum atomic E-state index is 11.5. The highest BCUT2D eigenvalue weighted by molar-refractivity contribution is 5.94. The molecule has 92 valence electrons. The van der Waals surface area contributed by atoms with Crippen LogP contribution in [0.2, 0.25) is 0 Å². The summed E-state index contributed by atoms with van der Waals surface area (Å²) in [5, 5.41) is 9.29. The lowest BCUT2D eigenvalue weighted by Crippen LogP contribution is -2.15. The Morgan fingerprint density at radius 1 is 1.29 bits per heavy atom. The Hall–Kier alpha value is -2.44. The summed E-state index contributed by atoms with van der Waals surface area (Å²) in [6.45, 7) is -0.504. The molecule has 7 heteroatoms. The van der Waals surface area contributed by atoms with E-state index in [1.807, 2.05) is 0 Å². The zero-order valence-electron chi connectivity index (χ0n) is 9.10. The molecule has 7 nitrogen and oxygen atoms in total. The van der Waals surface area contributed by atoms with Crippen LogP contribution in [0.1, 0.15) is 10.4 Å². The third-order valence-corrected chi connectivity index (χ3v) is 1.95. The molecule has 17 heavy (non-hydrogen) atoms. The summed E-state index contributed by atoms with van der Waals surface area (Å²) in [6.07, 6.45) is 0. The Balaban J connectivity index is 2.80. The van der Waals surface area contributed by atoms with Gasteiger partial charge in [0, 0.05) is 0 Å². The number of aromatic hydroxyl groups is 1. The van der Waals surface area contributed by atoms with Gasteiger partial charge in [0.05, 0.1) is 24.0 Å². The van der Waals surface area contributed by atoms with E-state index in [9.17, 15) is 14.7 Å². The number of methoxy groups -OCH3 is 1. The molecule has 0 atom stereocenters.